The van der Waals surface area contributed by atoms with E-state index >= 15 is 0 Å². The summed E-state index contributed by atoms with van der Waals surface area (Å²) in [5, 5.41) is 29.9. The largest absolute Gasteiger partial charge is 0.460 e. The summed E-state index contributed by atoms with van der Waals surface area (Å²) >= 11 is 0. The van der Waals surface area contributed by atoms with Crippen molar-refractivity contribution in [1.29, 1.82) is 0 Å². The Hall–Kier alpha value is -4.57. The summed E-state index contributed by atoms with van der Waals surface area (Å²) in [4.78, 5) is 21.3. The van der Waals surface area contributed by atoms with E-state index in [0.717, 1.165) is 70.6 Å². The van der Waals surface area contributed by atoms with Crippen LogP contribution < -0.4 is 19.6 Å². The summed E-state index contributed by atoms with van der Waals surface area (Å²) in [6.07, 6.45) is 29.4. The molecule has 9 heteroatoms. The molecule has 4 fully saturated rings. The molecule has 404 valence electrons. The topological polar surface area (TPSA) is 100.0 Å². The van der Waals surface area contributed by atoms with E-state index in [1.54, 1.807) is 0 Å². The summed E-state index contributed by atoms with van der Waals surface area (Å²) in [7, 11) is 8.37. The van der Waals surface area contributed by atoms with Crippen LogP contribution in [-0.2, 0) is 9.53 Å². The van der Waals surface area contributed by atoms with Crippen molar-refractivity contribution in [1.82, 2.24) is 0 Å². The highest BCUT2D eigenvalue weighted by Gasteiger charge is 2.32. The first-order valence-corrected chi connectivity index (χ1v) is 28.9. The second-order valence-electron chi connectivity index (χ2n) is 21.5. The van der Waals surface area contributed by atoms with Crippen LogP contribution in [0.1, 0.15) is 174 Å². The molecule has 4 saturated carbocycles. The minimum absolute atomic E-state index is 0.00121. The summed E-state index contributed by atoms with van der Waals surface area (Å²) in [6, 6.07) is 42.5. The van der Waals surface area contributed by atoms with Crippen molar-refractivity contribution >= 4 is 28.7 Å². The van der Waals surface area contributed by atoms with Crippen molar-refractivity contribution in [2.24, 2.45) is 0 Å². The molecule has 0 heterocycles. The minimum atomic E-state index is -0.163. The lowest BCUT2D eigenvalue weighted by molar-refractivity contribution is -0.151. The van der Waals surface area contributed by atoms with Crippen LogP contribution in [0.25, 0.3) is 0 Å². The van der Waals surface area contributed by atoms with E-state index in [2.05, 4.69) is 115 Å². The molecule has 0 amide bonds. The molecular weight excluding hydrogens is 905 g/mol. The molecule has 1 unspecified atom stereocenters. The first-order valence-electron chi connectivity index (χ1n) is 28.9. The predicted octanol–water partition coefficient (Wildman–Crippen LogP) is 14.2. The van der Waals surface area contributed by atoms with Gasteiger partial charge in [-0.15, -0.1) is 0 Å². The number of carbonyl (C=O) groups excluding carboxylic acids is 1. The summed E-state index contributed by atoms with van der Waals surface area (Å²) in [5.41, 5.74) is 4.80. The lowest BCUT2D eigenvalue weighted by Crippen LogP contribution is -2.45. The fourth-order valence-electron chi connectivity index (χ4n) is 11.5. The van der Waals surface area contributed by atoms with Crippen molar-refractivity contribution in [2.75, 3.05) is 47.8 Å². The average Bonchev–Trinajstić information content (AvgIpc) is 3.44. The second kappa shape index (κ2) is 34.1. The number of rotatable bonds is 19. The molecule has 4 aliphatic carbocycles. The minimum Gasteiger partial charge on any atom is -0.460 e. The molecule has 8 atom stereocenters. The Kier molecular flexibility index (Phi) is 27.7. The van der Waals surface area contributed by atoms with E-state index in [0.29, 0.717) is 30.6 Å². The standard InChI is InChI=1S/C25H41NO2.3C13H19NO/c1-3-4-5-6-7-8-9-10-14-21-25(27)28-24-20-16-15-19-23(24)26(2)22-17-12-11-13-18-22;3*1-14(11-7-3-2-4-8-11)12-9-5-6-10-13(12)15/h11-13,17-18,23-24H,3-10,14-16,19-21H2,1-2H3;3*2-4,7-8,12-13,15H,5-6,9-10H2,1H3/t23-,24-;12?,13-;2*12-,13-/m1100/s1. The van der Waals surface area contributed by atoms with Crippen LogP contribution in [-0.4, -0.2) is 98.1 Å². The highest BCUT2D eigenvalue weighted by molar-refractivity contribution is 5.69. The van der Waals surface area contributed by atoms with Gasteiger partial charge in [-0.1, -0.05) is 176 Å². The van der Waals surface area contributed by atoms with E-state index < -0.39 is 0 Å². The molecule has 73 heavy (non-hydrogen) atoms. The Morgan fingerprint density at radius 3 is 1.00 bits per heavy atom. The molecule has 9 nitrogen and oxygen atoms in total. The number of likely N-dealkylation sites (N-methyl/N-ethyl adjacent to an activating group) is 4. The van der Waals surface area contributed by atoms with E-state index in [1.165, 1.54) is 113 Å². The number of para-hydroxylation sites is 4. The van der Waals surface area contributed by atoms with Crippen LogP contribution in [0.2, 0.25) is 0 Å². The first kappa shape index (κ1) is 59.3. The normalized spacial score (nSPS) is 23.6. The van der Waals surface area contributed by atoms with Gasteiger partial charge in [-0.25, -0.2) is 0 Å². The number of aliphatic hydroxyl groups is 3. The lowest BCUT2D eigenvalue weighted by atomic mass is 9.91. The van der Waals surface area contributed by atoms with Crippen LogP contribution in [0.5, 0.6) is 0 Å². The van der Waals surface area contributed by atoms with Gasteiger partial charge in [0.15, 0.2) is 0 Å². The molecule has 0 spiro atoms. The van der Waals surface area contributed by atoms with Crippen molar-refractivity contribution < 1.29 is 24.9 Å². The number of esters is 1. The number of hydrogen-bond donors (Lipinski definition) is 3. The van der Waals surface area contributed by atoms with Gasteiger partial charge in [0.05, 0.1) is 42.5 Å². The van der Waals surface area contributed by atoms with Gasteiger partial charge in [0.2, 0.25) is 0 Å². The maximum atomic E-state index is 12.4. The maximum absolute atomic E-state index is 12.4. The molecule has 0 aromatic heterocycles. The Balaban J connectivity index is 0.000000189. The highest BCUT2D eigenvalue weighted by atomic mass is 16.5. The monoisotopic (exact) mass is 1000 g/mol. The van der Waals surface area contributed by atoms with Crippen molar-refractivity contribution in [3.63, 3.8) is 0 Å². The van der Waals surface area contributed by atoms with E-state index in [-0.39, 0.29) is 30.4 Å². The molecule has 0 aliphatic heterocycles. The number of carbonyl (C=O) groups is 1. The van der Waals surface area contributed by atoms with Crippen molar-refractivity contribution in [3.05, 3.63) is 121 Å². The highest BCUT2D eigenvalue weighted by Crippen LogP contribution is 2.31. The van der Waals surface area contributed by atoms with Crippen LogP contribution in [0.15, 0.2) is 121 Å². The van der Waals surface area contributed by atoms with Crippen LogP contribution in [0.3, 0.4) is 0 Å². The van der Waals surface area contributed by atoms with Gasteiger partial charge in [-0.2, -0.15) is 0 Å². The number of hydrogen-bond acceptors (Lipinski definition) is 9. The van der Waals surface area contributed by atoms with Crippen molar-refractivity contribution in [3.8, 4) is 0 Å². The summed E-state index contributed by atoms with van der Waals surface area (Å²) in [6.45, 7) is 2.26. The lowest BCUT2D eigenvalue weighted by Gasteiger charge is -2.38. The third kappa shape index (κ3) is 20.6. The van der Waals surface area contributed by atoms with E-state index in [9.17, 15) is 20.1 Å². The zero-order chi connectivity index (χ0) is 52.0. The van der Waals surface area contributed by atoms with Gasteiger partial charge in [0.25, 0.3) is 0 Å². The smallest absolute Gasteiger partial charge is 0.306 e. The van der Waals surface area contributed by atoms with Gasteiger partial charge in [0.1, 0.15) is 6.10 Å². The third-order valence-electron chi connectivity index (χ3n) is 16.2. The number of aliphatic hydroxyl groups excluding tert-OH is 3. The summed E-state index contributed by atoms with van der Waals surface area (Å²) < 4.78 is 5.94. The maximum Gasteiger partial charge on any atom is 0.306 e. The molecule has 0 bridgehead atoms. The first-order chi connectivity index (χ1) is 35.6. The zero-order valence-electron chi connectivity index (χ0n) is 46.0. The Labute approximate surface area is 443 Å². The Bertz CT molecular complexity index is 1840. The molecule has 3 N–H and O–H groups in total. The molecule has 0 radical (unpaired) electrons. The number of ether oxygens (including phenoxy) is 1. The summed E-state index contributed by atoms with van der Waals surface area (Å²) in [5.74, 6) is 0.00121. The number of nitrogens with zero attached hydrogens (tertiary/aromatic N) is 4. The quantitative estimate of drug-likeness (QED) is 0.0626. The van der Waals surface area contributed by atoms with E-state index in [4.69, 9.17) is 4.74 Å². The zero-order valence-corrected chi connectivity index (χ0v) is 46.0. The van der Waals surface area contributed by atoms with Crippen LogP contribution in [0, 0.1) is 0 Å². The number of benzene rings is 4. The van der Waals surface area contributed by atoms with Crippen LogP contribution in [0.4, 0.5) is 22.7 Å². The number of anilines is 4. The SMILES string of the molecule is CCCCCCCCCCCC(=O)O[C@@H]1CCCC[C@H]1N(C)c1ccccc1.CN(c1ccccc1)C1CCCC[C@H]1O.CN(c1ccccc1)[C@H]1CCCC[C@@H]1O.CN(c1ccccc1)[C@H]1CCCC[C@@H]1O. The van der Waals surface area contributed by atoms with Crippen molar-refractivity contribution in [2.45, 2.75) is 222 Å². The molecule has 8 rings (SSSR count). The Morgan fingerprint density at radius 2 is 0.671 bits per heavy atom. The molecule has 4 aromatic rings. The number of unbranched alkanes of at least 4 members (excludes halogenated alkanes) is 8. The molecule has 4 aromatic carbocycles. The fourth-order valence-corrected chi connectivity index (χ4v) is 11.5. The van der Waals surface area contributed by atoms with Gasteiger partial charge in [-0.3, -0.25) is 4.79 Å². The second-order valence-corrected chi connectivity index (χ2v) is 21.5. The predicted molar refractivity (Wildman–Crippen MR) is 308 cm³/mol. The molecule has 0 saturated heterocycles. The average molecular weight is 1000 g/mol. The van der Waals surface area contributed by atoms with Gasteiger partial charge < -0.3 is 39.7 Å². The molecule has 4 aliphatic rings. The molecular formula is C64H98N4O5. The third-order valence-corrected chi connectivity index (χ3v) is 16.2. The van der Waals surface area contributed by atoms with Gasteiger partial charge in [0, 0.05) is 57.4 Å². The van der Waals surface area contributed by atoms with E-state index in [1.807, 2.05) is 60.7 Å². The fraction of sp³-hybridized carbons (Fsp3) is 0.609. The van der Waals surface area contributed by atoms with Gasteiger partial charge in [-0.05, 0) is 113 Å². The van der Waals surface area contributed by atoms with Crippen LogP contribution >= 0.6 is 0 Å². The van der Waals surface area contributed by atoms with Gasteiger partial charge >= 0.3 is 5.97 Å². The Morgan fingerprint density at radius 1 is 0.397 bits per heavy atom.